The minimum atomic E-state index is -0.0956. The van der Waals surface area contributed by atoms with Crippen LogP contribution >= 0.6 is 0 Å². The monoisotopic (exact) mass is 333 g/mol. The number of hydrogen-bond acceptors (Lipinski definition) is 4. The first kappa shape index (κ1) is 18.4. The minimum absolute atomic E-state index is 0.0214. The molecule has 1 aromatic rings. The lowest BCUT2D eigenvalue weighted by atomic mass is 10.1. The molecule has 2 rings (SSSR count). The second-order valence-electron chi connectivity index (χ2n) is 6.00. The van der Waals surface area contributed by atoms with Gasteiger partial charge in [0.1, 0.15) is 0 Å². The van der Waals surface area contributed by atoms with Crippen LogP contribution in [0.15, 0.2) is 30.3 Å². The Kier molecular flexibility index (Phi) is 7.71. The Morgan fingerprint density at radius 2 is 2.00 bits per heavy atom. The zero-order valence-electron chi connectivity index (χ0n) is 14.3. The van der Waals surface area contributed by atoms with Gasteiger partial charge in [-0.15, -0.1) is 0 Å². The summed E-state index contributed by atoms with van der Waals surface area (Å²) in [5.41, 5.74) is 1.22. The standard InChI is InChI=1S/C18H27N3O3/c1-24-13-11-19-17(22)9-10-20-18(23)16-8-5-12-21(16)14-15-6-3-2-4-7-15/h2-4,6-7,16H,5,8-14H2,1H3,(H,19,22)(H,20,23)/t16-/m1/s1. The fourth-order valence-corrected chi connectivity index (χ4v) is 2.93. The quantitative estimate of drug-likeness (QED) is 0.659. The van der Waals surface area contributed by atoms with Crippen molar-refractivity contribution in [2.75, 3.05) is 33.4 Å². The van der Waals surface area contributed by atoms with Crippen molar-refractivity contribution in [3.05, 3.63) is 35.9 Å². The van der Waals surface area contributed by atoms with Gasteiger partial charge in [0, 0.05) is 33.2 Å². The van der Waals surface area contributed by atoms with E-state index in [1.54, 1.807) is 7.11 Å². The highest BCUT2D eigenvalue weighted by Gasteiger charge is 2.30. The summed E-state index contributed by atoms with van der Waals surface area (Å²) in [5.74, 6) is -0.0481. The van der Waals surface area contributed by atoms with Gasteiger partial charge in [-0.25, -0.2) is 0 Å². The topological polar surface area (TPSA) is 70.7 Å². The lowest BCUT2D eigenvalue weighted by molar-refractivity contribution is -0.126. The molecule has 0 bridgehead atoms. The number of ether oxygens (including phenoxy) is 1. The summed E-state index contributed by atoms with van der Waals surface area (Å²) < 4.78 is 4.87. The lowest BCUT2D eigenvalue weighted by Gasteiger charge is -2.23. The van der Waals surface area contributed by atoms with Crippen molar-refractivity contribution in [1.82, 2.24) is 15.5 Å². The molecule has 0 radical (unpaired) electrons. The molecular formula is C18H27N3O3. The summed E-state index contributed by atoms with van der Waals surface area (Å²) in [4.78, 5) is 26.2. The van der Waals surface area contributed by atoms with Crippen LogP contribution in [0.2, 0.25) is 0 Å². The summed E-state index contributed by atoms with van der Waals surface area (Å²) in [6, 6.07) is 10.1. The number of carbonyl (C=O) groups is 2. The fourth-order valence-electron chi connectivity index (χ4n) is 2.93. The van der Waals surface area contributed by atoms with Crippen molar-refractivity contribution < 1.29 is 14.3 Å². The lowest BCUT2D eigenvalue weighted by Crippen LogP contribution is -2.43. The van der Waals surface area contributed by atoms with Gasteiger partial charge in [0.05, 0.1) is 12.6 Å². The van der Waals surface area contributed by atoms with Crippen molar-refractivity contribution in [2.24, 2.45) is 0 Å². The Morgan fingerprint density at radius 1 is 1.21 bits per heavy atom. The van der Waals surface area contributed by atoms with E-state index in [2.05, 4.69) is 27.7 Å². The summed E-state index contributed by atoms with van der Waals surface area (Å²) in [6.45, 7) is 3.08. The molecule has 132 valence electrons. The van der Waals surface area contributed by atoms with Gasteiger partial charge in [0.2, 0.25) is 11.8 Å². The molecule has 1 fully saturated rings. The number of methoxy groups -OCH3 is 1. The second kappa shape index (κ2) is 10.1. The molecule has 2 amide bonds. The molecule has 1 heterocycles. The van der Waals surface area contributed by atoms with Crippen LogP contribution < -0.4 is 10.6 Å². The fraction of sp³-hybridized carbons (Fsp3) is 0.556. The molecule has 0 unspecified atom stereocenters. The summed E-state index contributed by atoms with van der Waals surface area (Å²) in [6.07, 6.45) is 2.20. The number of nitrogens with one attached hydrogen (secondary N) is 2. The van der Waals surface area contributed by atoms with Crippen molar-refractivity contribution >= 4 is 11.8 Å². The molecule has 1 aliphatic rings. The zero-order valence-corrected chi connectivity index (χ0v) is 14.3. The van der Waals surface area contributed by atoms with Gasteiger partial charge in [0.15, 0.2) is 0 Å². The number of amides is 2. The molecule has 0 saturated carbocycles. The van der Waals surface area contributed by atoms with Crippen molar-refractivity contribution in [2.45, 2.75) is 31.8 Å². The van der Waals surface area contributed by atoms with Crippen LogP contribution in [0.5, 0.6) is 0 Å². The van der Waals surface area contributed by atoms with E-state index in [-0.39, 0.29) is 17.9 Å². The second-order valence-corrected chi connectivity index (χ2v) is 6.00. The zero-order chi connectivity index (χ0) is 17.2. The average Bonchev–Trinajstić information content (AvgIpc) is 3.04. The third kappa shape index (κ3) is 5.94. The molecule has 2 N–H and O–H groups in total. The molecule has 1 aliphatic heterocycles. The van der Waals surface area contributed by atoms with Gasteiger partial charge >= 0.3 is 0 Å². The third-order valence-corrected chi connectivity index (χ3v) is 4.17. The van der Waals surface area contributed by atoms with E-state index in [0.29, 0.717) is 26.1 Å². The van der Waals surface area contributed by atoms with Crippen LogP contribution in [-0.4, -0.2) is 56.1 Å². The number of hydrogen-bond donors (Lipinski definition) is 2. The maximum absolute atomic E-state index is 12.4. The predicted molar refractivity (Wildman–Crippen MR) is 92.4 cm³/mol. The van der Waals surface area contributed by atoms with Crippen LogP contribution in [0.3, 0.4) is 0 Å². The van der Waals surface area contributed by atoms with Gasteiger partial charge in [-0.1, -0.05) is 30.3 Å². The van der Waals surface area contributed by atoms with Gasteiger partial charge in [-0.3, -0.25) is 14.5 Å². The normalized spacial score (nSPS) is 17.6. The number of rotatable bonds is 9. The third-order valence-electron chi connectivity index (χ3n) is 4.17. The van der Waals surface area contributed by atoms with E-state index in [9.17, 15) is 9.59 Å². The van der Waals surface area contributed by atoms with Gasteiger partial charge in [0.25, 0.3) is 0 Å². The van der Waals surface area contributed by atoms with E-state index < -0.39 is 0 Å². The highest BCUT2D eigenvalue weighted by Crippen LogP contribution is 2.20. The van der Waals surface area contributed by atoms with E-state index in [0.717, 1.165) is 25.9 Å². The largest absolute Gasteiger partial charge is 0.383 e. The molecule has 1 saturated heterocycles. The van der Waals surface area contributed by atoms with Crippen LogP contribution in [-0.2, 0) is 20.9 Å². The Balaban J connectivity index is 1.72. The SMILES string of the molecule is COCCNC(=O)CCNC(=O)[C@H]1CCCN1Cc1ccccc1. The maximum Gasteiger partial charge on any atom is 0.237 e. The first-order valence-electron chi connectivity index (χ1n) is 8.52. The maximum atomic E-state index is 12.4. The molecule has 0 aliphatic carbocycles. The van der Waals surface area contributed by atoms with E-state index in [1.807, 2.05) is 18.2 Å². The molecule has 24 heavy (non-hydrogen) atoms. The Bertz CT molecular complexity index is 522. The number of nitrogens with zero attached hydrogens (tertiary/aromatic N) is 1. The summed E-state index contributed by atoms with van der Waals surface area (Å²) in [7, 11) is 1.59. The van der Waals surface area contributed by atoms with Crippen LogP contribution in [0.1, 0.15) is 24.8 Å². The highest BCUT2D eigenvalue weighted by molar-refractivity contribution is 5.83. The van der Waals surface area contributed by atoms with Crippen LogP contribution in [0.4, 0.5) is 0 Å². The molecule has 1 aromatic carbocycles. The first-order valence-corrected chi connectivity index (χ1v) is 8.52. The minimum Gasteiger partial charge on any atom is -0.383 e. The Hall–Kier alpha value is -1.92. The van der Waals surface area contributed by atoms with Crippen molar-refractivity contribution in [3.8, 4) is 0 Å². The highest BCUT2D eigenvalue weighted by atomic mass is 16.5. The smallest absolute Gasteiger partial charge is 0.237 e. The summed E-state index contributed by atoms with van der Waals surface area (Å²) >= 11 is 0. The number of carbonyl (C=O) groups excluding carboxylic acids is 2. The molecule has 6 nitrogen and oxygen atoms in total. The molecular weight excluding hydrogens is 306 g/mol. The molecule has 1 atom stereocenters. The van der Waals surface area contributed by atoms with E-state index >= 15 is 0 Å². The van der Waals surface area contributed by atoms with Gasteiger partial charge in [-0.05, 0) is 24.9 Å². The molecule has 6 heteroatoms. The van der Waals surface area contributed by atoms with Crippen LogP contribution in [0, 0.1) is 0 Å². The molecule has 0 aromatic heterocycles. The molecule has 0 spiro atoms. The Morgan fingerprint density at radius 3 is 2.75 bits per heavy atom. The van der Waals surface area contributed by atoms with Gasteiger partial charge < -0.3 is 15.4 Å². The first-order chi connectivity index (χ1) is 11.7. The predicted octanol–water partition coefficient (Wildman–Crippen LogP) is 0.920. The van der Waals surface area contributed by atoms with Crippen molar-refractivity contribution in [1.29, 1.82) is 0 Å². The number of benzene rings is 1. The summed E-state index contributed by atoms with van der Waals surface area (Å²) in [5, 5.41) is 5.63. The average molecular weight is 333 g/mol. The van der Waals surface area contributed by atoms with Crippen molar-refractivity contribution in [3.63, 3.8) is 0 Å². The van der Waals surface area contributed by atoms with Gasteiger partial charge in [-0.2, -0.15) is 0 Å². The Labute approximate surface area is 143 Å². The van der Waals surface area contributed by atoms with E-state index in [4.69, 9.17) is 4.74 Å². The van der Waals surface area contributed by atoms with E-state index in [1.165, 1.54) is 5.56 Å². The number of likely N-dealkylation sites (tertiary alicyclic amines) is 1. The van der Waals surface area contributed by atoms with Crippen LogP contribution in [0.25, 0.3) is 0 Å².